The van der Waals surface area contributed by atoms with E-state index in [2.05, 4.69) is 9.88 Å². The molecule has 196 valence electrons. The first kappa shape index (κ1) is 25.9. The van der Waals surface area contributed by atoms with Crippen molar-refractivity contribution in [2.45, 2.75) is 31.3 Å². The zero-order valence-electron chi connectivity index (χ0n) is 20.6. The molecule has 9 nitrogen and oxygen atoms in total. The second-order valence-corrected chi connectivity index (χ2v) is 12.9. The highest BCUT2D eigenvalue weighted by atomic mass is 35.5. The third-order valence-electron chi connectivity index (χ3n) is 6.72. The molecule has 0 unspecified atom stereocenters. The number of H-pyrrole nitrogens is 1. The van der Waals surface area contributed by atoms with Gasteiger partial charge in [0.15, 0.2) is 0 Å². The molecular formula is C25H28ClN5O4S2. The van der Waals surface area contributed by atoms with E-state index in [9.17, 15) is 18.0 Å². The Balaban J connectivity index is 1.34. The molecule has 0 spiro atoms. The van der Waals surface area contributed by atoms with Crippen LogP contribution >= 0.6 is 22.9 Å². The van der Waals surface area contributed by atoms with Crippen LogP contribution in [0, 0.1) is 0 Å². The van der Waals surface area contributed by atoms with Gasteiger partial charge in [0.25, 0.3) is 5.56 Å². The first-order valence-corrected chi connectivity index (χ1v) is 14.7. The van der Waals surface area contributed by atoms with Crippen LogP contribution in [0.1, 0.15) is 18.2 Å². The Morgan fingerprint density at radius 1 is 1.03 bits per heavy atom. The van der Waals surface area contributed by atoms with Gasteiger partial charge in [0.2, 0.25) is 10.0 Å². The molecule has 0 saturated carbocycles. The molecular weight excluding hydrogens is 534 g/mol. The van der Waals surface area contributed by atoms with Crippen LogP contribution in [0.3, 0.4) is 0 Å². The van der Waals surface area contributed by atoms with E-state index in [1.54, 1.807) is 48.7 Å². The average Bonchev–Trinajstić information content (AvgIpc) is 3.52. The number of piperazine rings is 1. The number of aromatic amines is 1. The van der Waals surface area contributed by atoms with Gasteiger partial charge in [-0.05, 0) is 42.3 Å². The van der Waals surface area contributed by atoms with Gasteiger partial charge >= 0.3 is 5.69 Å². The predicted octanol–water partition coefficient (Wildman–Crippen LogP) is 3.33. The smallest absolute Gasteiger partial charge is 0.331 e. The monoisotopic (exact) mass is 561 g/mol. The lowest BCUT2D eigenvalue weighted by molar-refractivity contribution is 0.183. The molecule has 1 N–H and O–H groups in total. The van der Waals surface area contributed by atoms with Crippen LogP contribution in [0.4, 0.5) is 0 Å². The number of aromatic nitrogens is 3. The maximum absolute atomic E-state index is 13.3. The van der Waals surface area contributed by atoms with Crippen LogP contribution in [-0.4, -0.2) is 57.9 Å². The minimum absolute atomic E-state index is 0.226. The highest BCUT2D eigenvalue weighted by molar-refractivity contribution is 7.89. The van der Waals surface area contributed by atoms with Crippen molar-refractivity contribution in [2.75, 3.05) is 26.2 Å². The Morgan fingerprint density at radius 3 is 2.35 bits per heavy atom. The zero-order chi connectivity index (χ0) is 26.3. The number of fused-ring (bicyclic) bond motifs is 1. The van der Waals surface area contributed by atoms with Gasteiger partial charge in [0, 0.05) is 56.9 Å². The number of hydrogen-bond acceptors (Lipinski definition) is 6. The van der Waals surface area contributed by atoms with Crippen molar-refractivity contribution < 1.29 is 8.42 Å². The Morgan fingerprint density at radius 2 is 1.73 bits per heavy atom. The molecule has 4 heterocycles. The molecule has 1 saturated heterocycles. The normalized spacial score (nSPS) is 15.5. The molecule has 5 rings (SSSR count). The fourth-order valence-electron chi connectivity index (χ4n) is 4.69. The summed E-state index contributed by atoms with van der Waals surface area (Å²) in [5, 5.41) is 0. The number of thiophene rings is 1. The van der Waals surface area contributed by atoms with Crippen molar-refractivity contribution >= 4 is 44.0 Å². The van der Waals surface area contributed by atoms with Gasteiger partial charge in [-0.2, -0.15) is 4.31 Å². The van der Waals surface area contributed by atoms with E-state index in [1.165, 1.54) is 18.3 Å². The fraction of sp³-hybridized carbons (Fsp3) is 0.360. The number of nitrogens with one attached hydrogen (secondary N) is 1. The number of halogens is 1. The predicted molar refractivity (Wildman–Crippen MR) is 147 cm³/mol. The molecule has 1 aromatic carbocycles. The molecule has 12 heteroatoms. The minimum Gasteiger partial charge on any atom is -0.349 e. The van der Waals surface area contributed by atoms with Crippen molar-refractivity contribution in [2.24, 2.45) is 7.05 Å². The van der Waals surface area contributed by atoms with E-state index in [0.29, 0.717) is 55.9 Å². The van der Waals surface area contributed by atoms with E-state index in [-0.39, 0.29) is 16.1 Å². The van der Waals surface area contributed by atoms with E-state index in [4.69, 9.17) is 11.6 Å². The van der Waals surface area contributed by atoms with Crippen LogP contribution in [-0.2, 0) is 30.2 Å². The quantitative estimate of drug-likeness (QED) is 0.373. The summed E-state index contributed by atoms with van der Waals surface area (Å²) >= 11 is 7.56. The lowest BCUT2D eigenvalue weighted by Crippen LogP contribution is -2.48. The Labute approximate surface area is 223 Å². The molecule has 0 atom stereocenters. The Hall–Kier alpha value is -2.70. The van der Waals surface area contributed by atoms with E-state index < -0.39 is 10.0 Å². The SMILES string of the molecule is CCCn1c(=O)c2[nH]c(-c3ccc(S(=O)(=O)N4CCN(Cc5ccc(Cl)s5)CC4)cc3)cc2n(C)c1=O. The van der Waals surface area contributed by atoms with Crippen LogP contribution in [0.5, 0.6) is 0 Å². The summed E-state index contributed by atoms with van der Waals surface area (Å²) in [6.45, 7) is 5.16. The fourth-order valence-corrected chi connectivity index (χ4v) is 7.25. The average molecular weight is 562 g/mol. The maximum Gasteiger partial charge on any atom is 0.331 e. The molecule has 0 bridgehead atoms. The third kappa shape index (κ3) is 4.94. The Kier molecular flexibility index (Phi) is 7.16. The second kappa shape index (κ2) is 10.2. The lowest BCUT2D eigenvalue weighted by atomic mass is 10.1. The lowest BCUT2D eigenvalue weighted by Gasteiger charge is -2.33. The van der Waals surface area contributed by atoms with E-state index in [0.717, 1.165) is 16.4 Å². The maximum atomic E-state index is 13.3. The van der Waals surface area contributed by atoms with Gasteiger partial charge in [0.05, 0.1) is 14.7 Å². The van der Waals surface area contributed by atoms with Gasteiger partial charge in [-0.3, -0.25) is 18.8 Å². The summed E-state index contributed by atoms with van der Waals surface area (Å²) in [6, 6.07) is 12.2. The molecule has 37 heavy (non-hydrogen) atoms. The second-order valence-electron chi connectivity index (χ2n) is 9.15. The first-order chi connectivity index (χ1) is 17.7. The standard InChI is InChI=1S/C25H28ClN5O4S2/c1-3-10-31-24(32)23-21(28(2)25(31)33)15-20(27-23)17-4-7-19(8-5-17)37(34,35)30-13-11-29(12-14-30)16-18-6-9-22(26)36-18/h4-9,15,27H,3,10-14,16H2,1-2H3. The number of hydrogen-bond donors (Lipinski definition) is 1. The largest absolute Gasteiger partial charge is 0.349 e. The molecule has 0 radical (unpaired) electrons. The number of sulfonamides is 1. The Bertz CT molecular complexity index is 1660. The summed E-state index contributed by atoms with van der Waals surface area (Å²) in [5.41, 5.74) is 1.52. The summed E-state index contributed by atoms with van der Waals surface area (Å²) in [4.78, 5) is 32.2. The molecule has 4 aromatic rings. The van der Waals surface area contributed by atoms with Crippen LogP contribution in [0.2, 0.25) is 4.34 Å². The van der Waals surface area contributed by atoms with Gasteiger partial charge in [-0.1, -0.05) is 30.7 Å². The van der Waals surface area contributed by atoms with Gasteiger partial charge in [-0.15, -0.1) is 11.3 Å². The molecule has 0 aliphatic carbocycles. The van der Waals surface area contributed by atoms with Crippen molar-refractivity contribution in [3.63, 3.8) is 0 Å². The topological polar surface area (TPSA) is 100 Å². The summed E-state index contributed by atoms with van der Waals surface area (Å²) in [5.74, 6) is 0. The third-order valence-corrected chi connectivity index (χ3v) is 9.85. The van der Waals surface area contributed by atoms with Gasteiger partial charge in [-0.25, -0.2) is 13.2 Å². The van der Waals surface area contributed by atoms with Crippen molar-refractivity contribution in [1.82, 2.24) is 23.3 Å². The molecule has 1 fully saturated rings. The van der Waals surface area contributed by atoms with Crippen molar-refractivity contribution in [1.29, 1.82) is 0 Å². The number of nitrogens with zero attached hydrogens (tertiary/aromatic N) is 4. The van der Waals surface area contributed by atoms with Gasteiger partial charge < -0.3 is 4.98 Å². The van der Waals surface area contributed by atoms with Crippen LogP contribution in [0.15, 0.2) is 56.9 Å². The number of aryl methyl sites for hydroxylation is 1. The number of rotatable bonds is 7. The van der Waals surface area contributed by atoms with Crippen LogP contribution < -0.4 is 11.2 Å². The molecule has 3 aromatic heterocycles. The van der Waals surface area contributed by atoms with Crippen molar-refractivity contribution in [3.05, 3.63) is 72.5 Å². The first-order valence-electron chi connectivity index (χ1n) is 12.1. The van der Waals surface area contributed by atoms with Crippen molar-refractivity contribution in [3.8, 4) is 11.3 Å². The molecule has 0 amide bonds. The van der Waals surface area contributed by atoms with E-state index in [1.807, 2.05) is 19.1 Å². The minimum atomic E-state index is -3.63. The molecule has 1 aliphatic rings. The van der Waals surface area contributed by atoms with E-state index >= 15 is 0 Å². The van der Waals surface area contributed by atoms with Gasteiger partial charge in [0.1, 0.15) is 5.52 Å². The summed E-state index contributed by atoms with van der Waals surface area (Å²) in [7, 11) is -1.99. The van der Waals surface area contributed by atoms with Crippen LogP contribution in [0.25, 0.3) is 22.3 Å². The highest BCUT2D eigenvalue weighted by Crippen LogP contribution is 2.26. The summed E-state index contributed by atoms with van der Waals surface area (Å²) in [6.07, 6.45) is 0.669. The number of benzene rings is 1. The highest BCUT2D eigenvalue weighted by Gasteiger charge is 2.28. The molecule has 1 aliphatic heterocycles. The summed E-state index contributed by atoms with van der Waals surface area (Å²) < 4.78 is 31.5. The zero-order valence-corrected chi connectivity index (χ0v) is 23.0.